The Labute approximate surface area is 153 Å². The van der Waals surface area contributed by atoms with Gasteiger partial charge in [0.1, 0.15) is 11.5 Å². The van der Waals surface area contributed by atoms with Crippen molar-refractivity contribution in [3.05, 3.63) is 47.5 Å². The smallest absolute Gasteiger partial charge is 0.255 e. The number of amides is 1. The maximum absolute atomic E-state index is 12.8. The number of hydrogen-bond acceptors (Lipinski definition) is 5. The van der Waals surface area contributed by atoms with Gasteiger partial charge in [-0.05, 0) is 31.2 Å². The van der Waals surface area contributed by atoms with Crippen molar-refractivity contribution in [3.63, 3.8) is 0 Å². The van der Waals surface area contributed by atoms with Crippen molar-refractivity contribution in [2.24, 2.45) is 0 Å². The molecule has 6 nitrogen and oxygen atoms in total. The molecule has 0 radical (unpaired) electrons. The number of ether oxygens (including phenoxy) is 3. The van der Waals surface area contributed by atoms with E-state index in [-0.39, 0.29) is 5.91 Å². The zero-order valence-electron chi connectivity index (χ0n) is 15.4. The first-order chi connectivity index (χ1) is 12.6. The van der Waals surface area contributed by atoms with Crippen molar-refractivity contribution >= 4 is 17.3 Å². The van der Waals surface area contributed by atoms with Gasteiger partial charge in [-0.15, -0.1) is 0 Å². The molecule has 6 heteroatoms. The van der Waals surface area contributed by atoms with Crippen LogP contribution in [0.4, 0.5) is 11.4 Å². The van der Waals surface area contributed by atoms with Gasteiger partial charge in [-0.3, -0.25) is 4.79 Å². The summed E-state index contributed by atoms with van der Waals surface area (Å²) in [7, 11) is 3.16. The first kappa shape index (κ1) is 18.1. The van der Waals surface area contributed by atoms with Gasteiger partial charge in [0.2, 0.25) is 0 Å². The highest BCUT2D eigenvalue weighted by Crippen LogP contribution is 2.31. The zero-order chi connectivity index (χ0) is 18.5. The minimum atomic E-state index is -0.206. The molecule has 26 heavy (non-hydrogen) atoms. The topological polar surface area (TPSA) is 60.0 Å². The Bertz CT molecular complexity index is 760. The van der Waals surface area contributed by atoms with Crippen molar-refractivity contribution in [1.29, 1.82) is 0 Å². The Kier molecular flexibility index (Phi) is 5.63. The molecule has 1 fully saturated rings. The molecule has 0 aromatic heterocycles. The highest BCUT2D eigenvalue weighted by molar-refractivity contribution is 6.06. The number of rotatable bonds is 5. The number of carbonyl (C=O) groups is 1. The van der Waals surface area contributed by atoms with Gasteiger partial charge < -0.3 is 24.4 Å². The predicted octanol–water partition coefficient (Wildman–Crippen LogP) is 3.10. The molecule has 2 aromatic carbocycles. The molecule has 1 aliphatic rings. The third-order valence-corrected chi connectivity index (χ3v) is 4.52. The van der Waals surface area contributed by atoms with E-state index < -0.39 is 0 Å². The van der Waals surface area contributed by atoms with Gasteiger partial charge >= 0.3 is 0 Å². The molecular weight excluding hydrogens is 332 g/mol. The van der Waals surface area contributed by atoms with E-state index in [0.717, 1.165) is 30.0 Å². The van der Waals surface area contributed by atoms with Crippen molar-refractivity contribution in [1.82, 2.24) is 0 Å². The molecule has 1 amide bonds. The molecule has 3 rings (SSSR count). The summed E-state index contributed by atoms with van der Waals surface area (Å²) in [5.74, 6) is 1.04. The maximum Gasteiger partial charge on any atom is 0.255 e. The quantitative estimate of drug-likeness (QED) is 0.892. The summed E-state index contributed by atoms with van der Waals surface area (Å²) in [5, 5.41) is 3.01. The molecule has 1 heterocycles. The van der Waals surface area contributed by atoms with E-state index in [1.54, 1.807) is 26.4 Å². The Morgan fingerprint density at radius 1 is 1.08 bits per heavy atom. The van der Waals surface area contributed by atoms with E-state index in [1.807, 2.05) is 31.2 Å². The number of para-hydroxylation sites is 2. The van der Waals surface area contributed by atoms with Crippen LogP contribution in [0.15, 0.2) is 36.4 Å². The van der Waals surface area contributed by atoms with Crippen molar-refractivity contribution in [2.45, 2.75) is 6.92 Å². The fourth-order valence-electron chi connectivity index (χ4n) is 3.07. The molecule has 0 atom stereocenters. The highest BCUT2D eigenvalue weighted by Gasteiger charge is 2.18. The van der Waals surface area contributed by atoms with Gasteiger partial charge in [-0.1, -0.05) is 12.1 Å². The lowest BCUT2D eigenvalue weighted by Crippen LogP contribution is -2.36. The largest absolute Gasteiger partial charge is 0.496 e. The minimum absolute atomic E-state index is 0.206. The van der Waals surface area contributed by atoms with Gasteiger partial charge in [0.15, 0.2) is 0 Å². The van der Waals surface area contributed by atoms with Gasteiger partial charge in [0, 0.05) is 24.2 Å². The van der Waals surface area contributed by atoms with E-state index in [1.165, 1.54) is 0 Å². The molecule has 0 spiro atoms. The lowest BCUT2D eigenvalue weighted by Gasteiger charge is -2.30. The summed E-state index contributed by atoms with van der Waals surface area (Å²) in [4.78, 5) is 15.0. The van der Waals surface area contributed by atoms with E-state index in [0.29, 0.717) is 30.3 Å². The van der Waals surface area contributed by atoms with Crippen LogP contribution in [0.5, 0.6) is 11.5 Å². The Morgan fingerprint density at radius 3 is 2.31 bits per heavy atom. The van der Waals surface area contributed by atoms with Crippen molar-refractivity contribution in [2.75, 3.05) is 50.7 Å². The number of nitrogens with one attached hydrogen (secondary N) is 1. The van der Waals surface area contributed by atoms with Crippen LogP contribution in [0.2, 0.25) is 0 Å². The fraction of sp³-hybridized carbons (Fsp3) is 0.350. The average molecular weight is 356 g/mol. The van der Waals surface area contributed by atoms with Crippen LogP contribution in [0.3, 0.4) is 0 Å². The van der Waals surface area contributed by atoms with Crippen LogP contribution in [-0.4, -0.2) is 46.4 Å². The number of hydrogen-bond donors (Lipinski definition) is 1. The number of carbonyl (C=O) groups excluding carboxylic acids is 1. The van der Waals surface area contributed by atoms with Crippen molar-refractivity contribution < 1.29 is 19.0 Å². The Hall–Kier alpha value is -2.73. The van der Waals surface area contributed by atoms with Crippen LogP contribution in [0.1, 0.15) is 15.9 Å². The van der Waals surface area contributed by atoms with E-state index in [9.17, 15) is 4.79 Å². The van der Waals surface area contributed by atoms with Crippen LogP contribution in [-0.2, 0) is 4.74 Å². The summed E-state index contributed by atoms with van der Waals surface area (Å²) in [5.41, 5.74) is 3.12. The minimum Gasteiger partial charge on any atom is -0.496 e. The lowest BCUT2D eigenvalue weighted by molar-refractivity contribution is 0.102. The number of anilines is 2. The Balaban J connectivity index is 1.87. The second-order valence-electron chi connectivity index (χ2n) is 6.08. The van der Waals surface area contributed by atoms with Crippen LogP contribution in [0.25, 0.3) is 0 Å². The zero-order valence-corrected chi connectivity index (χ0v) is 15.4. The summed E-state index contributed by atoms with van der Waals surface area (Å²) in [6.45, 7) is 4.88. The average Bonchev–Trinajstić information content (AvgIpc) is 2.69. The number of morpholine rings is 1. The van der Waals surface area contributed by atoms with Gasteiger partial charge in [-0.25, -0.2) is 0 Å². The number of nitrogens with zero attached hydrogens (tertiary/aromatic N) is 1. The first-order valence-corrected chi connectivity index (χ1v) is 8.59. The summed E-state index contributed by atoms with van der Waals surface area (Å²) >= 11 is 0. The van der Waals surface area contributed by atoms with Crippen LogP contribution in [0, 0.1) is 6.92 Å². The van der Waals surface area contributed by atoms with Gasteiger partial charge in [-0.2, -0.15) is 0 Å². The highest BCUT2D eigenvalue weighted by atomic mass is 16.5. The molecule has 1 saturated heterocycles. The molecule has 0 bridgehead atoms. The standard InChI is InChI=1S/C20H24N2O4/c1-14-18(24-2)12-15(13-19(14)25-3)20(23)21-16-6-4-5-7-17(16)22-8-10-26-11-9-22/h4-7,12-13H,8-11H2,1-3H3,(H,21,23). The molecule has 0 saturated carbocycles. The SMILES string of the molecule is COc1cc(C(=O)Nc2ccccc2N2CCOCC2)cc(OC)c1C. The molecule has 1 aliphatic heterocycles. The second-order valence-corrected chi connectivity index (χ2v) is 6.08. The summed E-state index contributed by atoms with van der Waals surface area (Å²) < 4.78 is 16.1. The van der Waals surface area contributed by atoms with E-state index >= 15 is 0 Å². The lowest BCUT2D eigenvalue weighted by atomic mass is 10.1. The van der Waals surface area contributed by atoms with Gasteiger partial charge in [0.25, 0.3) is 5.91 Å². The van der Waals surface area contributed by atoms with Crippen LogP contribution >= 0.6 is 0 Å². The fourth-order valence-corrected chi connectivity index (χ4v) is 3.07. The summed E-state index contributed by atoms with van der Waals surface area (Å²) in [6, 6.07) is 11.3. The van der Waals surface area contributed by atoms with E-state index in [2.05, 4.69) is 10.2 Å². The molecule has 0 unspecified atom stereocenters. The normalized spacial score (nSPS) is 14.0. The van der Waals surface area contributed by atoms with E-state index in [4.69, 9.17) is 14.2 Å². The molecule has 2 aromatic rings. The molecule has 0 aliphatic carbocycles. The second kappa shape index (κ2) is 8.10. The molecular formula is C20H24N2O4. The summed E-state index contributed by atoms with van der Waals surface area (Å²) in [6.07, 6.45) is 0. The van der Waals surface area contributed by atoms with Gasteiger partial charge in [0.05, 0.1) is 38.8 Å². The third kappa shape index (κ3) is 3.75. The number of benzene rings is 2. The Morgan fingerprint density at radius 2 is 1.69 bits per heavy atom. The predicted molar refractivity (Wildman–Crippen MR) is 102 cm³/mol. The molecule has 138 valence electrons. The first-order valence-electron chi connectivity index (χ1n) is 8.59. The van der Waals surface area contributed by atoms with Crippen LogP contribution < -0.4 is 19.7 Å². The monoisotopic (exact) mass is 356 g/mol. The number of methoxy groups -OCH3 is 2. The third-order valence-electron chi connectivity index (χ3n) is 4.52. The maximum atomic E-state index is 12.8. The van der Waals surface area contributed by atoms with Crippen molar-refractivity contribution in [3.8, 4) is 11.5 Å². The molecule has 1 N–H and O–H groups in total.